The van der Waals surface area contributed by atoms with Gasteiger partial charge >= 0.3 is 0 Å². The van der Waals surface area contributed by atoms with Crippen molar-refractivity contribution in [2.24, 2.45) is 0 Å². The number of amides is 1. The second-order valence-electron chi connectivity index (χ2n) is 6.24. The van der Waals surface area contributed by atoms with Crippen LogP contribution in [-0.4, -0.2) is 51.1 Å². The van der Waals surface area contributed by atoms with Crippen molar-refractivity contribution in [3.63, 3.8) is 0 Å². The molecule has 2 fully saturated rings. The number of carbonyl (C=O) groups excluding carboxylic acids is 1. The highest BCUT2D eigenvalue weighted by Crippen LogP contribution is 2.25. The first-order chi connectivity index (χ1) is 11.1. The molecule has 2 aliphatic heterocycles. The quantitative estimate of drug-likeness (QED) is 0.634. The van der Waals surface area contributed by atoms with Crippen molar-refractivity contribution in [2.75, 3.05) is 13.1 Å². The number of carbonyl (C=O) groups is 1. The molecule has 2 aliphatic rings. The highest BCUT2D eigenvalue weighted by Gasteiger charge is 2.32. The number of halogens is 1. The molecule has 2 aromatic rings. The number of H-pyrrole nitrogens is 1. The van der Waals surface area contributed by atoms with E-state index in [1.807, 2.05) is 4.90 Å². The fraction of sp³-hybridized carbons (Fsp3) is 0.467. The third-order valence-corrected chi connectivity index (χ3v) is 4.77. The van der Waals surface area contributed by atoms with Crippen LogP contribution >= 0.6 is 12.4 Å². The van der Waals surface area contributed by atoms with Crippen molar-refractivity contribution >= 4 is 34.9 Å². The minimum atomic E-state index is -0.463. The van der Waals surface area contributed by atoms with Crippen LogP contribution < -0.4 is 5.32 Å². The predicted octanol–water partition coefficient (Wildman–Crippen LogP) is 1.86. The first kappa shape index (κ1) is 16.7. The standard InChI is InChI=1S/C15H17N5O3.ClH/c21-15(19-6-5-9-1-2-10(8-19)16-9)14-12-7-11(20(22)23)3-4-13(12)17-18-14;/h3-4,7,9-10,16H,1-2,5-6,8H2,(H,17,18);1H. The number of aromatic amines is 1. The Morgan fingerprint density at radius 2 is 2.08 bits per heavy atom. The molecule has 1 aromatic heterocycles. The molecule has 4 rings (SSSR count). The molecule has 0 saturated carbocycles. The molecule has 128 valence electrons. The molecular formula is C15H18ClN5O3. The van der Waals surface area contributed by atoms with Crippen LogP contribution in [0.2, 0.25) is 0 Å². The van der Waals surface area contributed by atoms with Crippen LogP contribution in [0.5, 0.6) is 0 Å². The summed E-state index contributed by atoms with van der Waals surface area (Å²) >= 11 is 0. The van der Waals surface area contributed by atoms with E-state index in [1.54, 1.807) is 6.07 Å². The average Bonchev–Trinajstić information content (AvgIpc) is 3.09. The van der Waals surface area contributed by atoms with Crippen molar-refractivity contribution in [1.82, 2.24) is 20.4 Å². The van der Waals surface area contributed by atoms with E-state index >= 15 is 0 Å². The SMILES string of the molecule is Cl.O=C(c1n[nH]c2ccc([N+](=O)[O-])cc12)N1CCC2CCC(C1)N2. The zero-order valence-corrected chi connectivity index (χ0v) is 13.7. The number of benzene rings is 1. The van der Waals surface area contributed by atoms with Gasteiger partial charge in [0.25, 0.3) is 11.6 Å². The Kier molecular flexibility index (Phi) is 4.42. The highest BCUT2D eigenvalue weighted by atomic mass is 35.5. The van der Waals surface area contributed by atoms with Crippen LogP contribution in [0, 0.1) is 10.1 Å². The van der Waals surface area contributed by atoms with Crippen molar-refractivity contribution in [2.45, 2.75) is 31.3 Å². The monoisotopic (exact) mass is 351 g/mol. The van der Waals surface area contributed by atoms with Gasteiger partial charge in [0.1, 0.15) is 0 Å². The first-order valence-corrected chi connectivity index (χ1v) is 7.79. The molecule has 1 aromatic carbocycles. The maximum atomic E-state index is 12.8. The lowest BCUT2D eigenvalue weighted by Gasteiger charge is -2.23. The number of aromatic nitrogens is 2. The van der Waals surface area contributed by atoms with Gasteiger partial charge in [-0.15, -0.1) is 12.4 Å². The second kappa shape index (κ2) is 6.37. The molecule has 0 spiro atoms. The Morgan fingerprint density at radius 1 is 1.29 bits per heavy atom. The minimum absolute atomic E-state index is 0. The van der Waals surface area contributed by atoms with Gasteiger partial charge in [0.15, 0.2) is 5.69 Å². The van der Waals surface area contributed by atoms with Gasteiger partial charge in [-0.2, -0.15) is 5.10 Å². The fourth-order valence-corrected chi connectivity index (χ4v) is 3.56. The van der Waals surface area contributed by atoms with Gasteiger partial charge in [0, 0.05) is 42.7 Å². The smallest absolute Gasteiger partial charge is 0.275 e. The lowest BCUT2D eigenvalue weighted by atomic mass is 10.1. The van der Waals surface area contributed by atoms with E-state index in [1.165, 1.54) is 18.6 Å². The summed E-state index contributed by atoms with van der Waals surface area (Å²) in [7, 11) is 0. The lowest BCUT2D eigenvalue weighted by molar-refractivity contribution is -0.384. The summed E-state index contributed by atoms with van der Waals surface area (Å²) in [5.74, 6) is -0.161. The van der Waals surface area contributed by atoms with Gasteiger partial charge < -0.3 is 10.2 Å². The summed E-state index contributed by atoms with van der Waals surface area (Å²) in [6.07, 6.45) is 3.19. The van der Waals surface area contributed by atoms with E-state index in [9.17, 15) is 14.9 Å². The molecule has 9 heteroatoms. The Bertz CT molecular complexity index is 793. The number of non-ortho nitro benzene ring substituents is 1. The van der Waals surface area contributed by atoms with Gasteiger partial charge in [-0.1, -0.05) is 0 Å². The van der Waals surface area contributed by atoms with Crippen LogP contribution in [0.3, 0.4) is 0 Å². The van der Waals surface area contributed by atoms with Crippen LogP contribution in [0.1, 0.15) is 29.8 Å². The van der Waals surface area contributed by atoms with Gasteiger partial charge in [0.2, 0.25) is 0 Å². The maximum absolute atomic E-state index is 12.8. The molecular weight excluding hydrogens is 334 g/mol. The normalized spacial score (nSPS) is 22.9. The van der Waals surface area contributed by atoms with E-state index in [-0.39, 0.29) is 29.7 Å². The largest absolute Gasteiger partial charge is 0.336 e. The number of hydrogen-bond acceptors (Lipinski definition) is 5. The summed E-state index contributed by atoms with van der Waals surface area (Å²) in [6.45, 7) is 1.36. The summed E-state index contributed by atoms with van der Waals surface area (Å²) in [5, 5.41) is 21.9. The Balaban J connectivity index is 0.00000169. The van der Waals surface area contributed by atoms with Gasteiger partial charge in [-0.3, -0.25) is 20.0 Å². The summed E-state index contributed by atoms with van der Waals surface area (Å²) in [6, 6.07) is 5.24. The van der Waals surface area contributed by atoms with Crippen molar-refractivity contribution in [1.29, 1.82) is 0 Å². The first-order valence-electron chi connectivity index (χ1n) is 7.79. The number of likely N-dealkylation sites (tertiary alicyclic amines) is 1. The Labute approximate surface area is 144 Å². The maximum Gasteiger partial charge on any atom is 0.275 e. The molecule has 2 N–H and O–H groups in total. The number of hydrogen-bond donors (Lipinski definition) is 2. The van der Waals surface area contributed by atoms with Gasteiger partial charge in [-0.25, -0.2) is 0 Å². The number of nitrogens with one attached hydrogen (secondary N) is 2. The van der Waals surface area contributed by atoms with E-state index in [2.05, 4.69) is 15.5 Å². The molecule has 24 heavy (non-hydrogen) atoms. The fourth-order valence-electron chi connectivity index (χ4n) is 3.56. The summed E-state index contributed by atoms with van der Waals surface area (Å²) in [4.78, 5) is 25.1. The van der Waals surface area contributed by atoms with E-state index in [0.29, 0.717) is 36.1 Å². The molecule has 0 aliphatic carbocycles. The molecule has 2 atom stereocenters. The molecule has 2 saturated heterocycles. The van der Waals surface area contributed by atoms with E-state index in [0.717, 1.165) is 12.8 Å². The number of nitrogens with zero attached hydrogens (tertiary/aromatic N) is 3. The third kappa shape index (κ3) is 2.83. The van der Waals surface area contributed by atoms with Crippen LogP contribution in [-0.2, 0) is 0 Å². The molecule has 1 amide bonds. The zero-order valence-electron chi connectivity index (χ0n) is 12.9. The number of nitro benzene ring substituents is 1. The van der Waals surface area contributed by atoms with Crippen molar-refractivity contribution in [3.8, 4) is 0 Å². The van der Waals surface area contributed by atoms with Crippen molar-refractivity contribution in [3.05, 3.63) is 34.0 Å². The number of nitro groups is 1. The molecule has 2 bridgehead atoms. The van der Waals surface area contributed by atoms with Gasteiger partial charge in [0.05, 0.1) is 10.4 Å². The van der Waals surface area contributed by atoms with Gasteiger partial charge in [-0.05, 0) is 25.3 Å². The molecule has 2 unspecified atom stereocenters. The number of rotatable bonds is 2. The summed E-state index contributed by atoms with van der Waals surface area (Å²) < 4.78 is 0. The topological polar surface area (TPSA) is 104 Å². The van der Waals surface area contributed by atoms with E-state index in [4.69, 9.17) is 0 Å². The average molecular weight is 352 g/mol. The van der Waals surface area contributed by atoms with Crippen LogP contribution in [0.4, 0.5) is 5.69 Å². The molecule has 8 nitrogen and oxygen atoms in total. The molecule has 3 heterocycles. The van der Waals surface area contributed by atoms with Crippen LogP contribution in [0.15, 0.2) is 18.2 Å². The Morgan fingerprint density at radius 3 is 2.88 bits per heavy atom. The lowest BCUT2D eigenvalue weighted by Crippen LogP contribution is -2.39. The van der Waals surface area contributed by atoms with Crippen LogP contribution in [0.25, 0.3) is 10.9 Å². The predicted molar refractivity (Wildman–Crippen MR) is 90.5 cm³/mol. The van der Waals surface area contributed by atoms with E-state index < -0.39 is 4.92 Å². The second-order valence-corrected chi connectivity index (χ2v) is 6.24. The number of fused-ring (bicyclic) bond motifs is 3. The minimum Gasteiger partial charge on any atom is -0.336 e. The Hall–Kier alpha value is -2.19. The molecule has 0 radical (unpaired) electrons. The van der Waals surface area contributed by atoms with Crippen molar-refractivity contribution < 1.29 is 9.72 Å². The summed E-state index contributed by atoms with van der Waals surface area (Å²) in [5.41, 5.74) is 0.861. The third-order valence-electron chi connectivity index (χ3n) is 4.77. The zero-order chi connectivity index (χ0) is 16.0. The highest BCUT2D eigenvalue weighted by molar-refractivity contribution is 6.05.